The Hall–Kier alpha value is -2.38. The number of ether oxygens (including phenoxy) is 1. The molecule has 2 aliphatic heterocycles. The van der Waals surface area contributed by atoms with Crippen molar-refractivity contribution in [3.63, 3.8) is 0 Å². The first-order valence-electron chi connectivity index (χ1n) is 10.9. The lowest BCUT2D eigenvalue weighted by Gasteiger charge is -2.24. The van der Waals surface area contributed by atoms with Crippen LogP contribution >= 0.6 is 0 Å². The van der Waals surface area contributed by atoms with Crippen LogP contribution < -0.4 is 0 Å². The number of carbonyl (C=O) groups excluding carboxylic acids is 2. The lowest BCUT2D eigenvalue weighted by atomic mass is 10.1. The smallest absolute Gasteiger partial charge is 0.236 e. The first-order valence-corrected chi connectivity index (χ1v) is 10.9. The predicted molar refractivity (Wildman–Crippen MR) is 116 cm³/mol. The van der Waals surface area contributed by atoms with Gasteiger partial charge >= 0.3 is 0 Å². The standard InChI is InChI=1S/C23H32N4O3/c1-24-13-18(20-7-3-4-8-21(20)24)14-25-15-19(30-2)16-27(23(29)17-25)12-6-11-26-10-5-9-22(26)28/h3-4,7-8,13,19H,5-6,9-12,14-17H2,1-2H3. The Morgan fingerprint density at radius 3 is 2.63 bits per heavy atom. The van der Waals surface area contributed by atoms with Gasteiger partial charge in [0, 0.05) is 76.9 Å². The van der Waals surface area contributed by atoms with Crippen molar-refractivity contribution in [2.75, 3.05) is 46.4 Å². The molecular formula is C23H32N4O3. The van der Waals surface area contributed by atoms with Crippen LogP contribution in [0.3, 0.4) is 0 Å². The summed E-state index contributed by atoms with van der Waals surface area (Å²) in [7, 11) is 3.78. The zero-order valence-electron chi connectivity index (χ0n) is 18.0. The molecule has 1 aromatic heterocycles. The van der Waals surface area contributed by atoms with Gasteiger partial charge in [-0.25, -0.2) is 0 Å². The third kappa shape index (κ3) is 4.52. The van der Waals surface area contributed by atoms with E-state index in [1.54, 1.807) is 7.11 Å². The molecule has 30 heavy (non-hydrogen) atoms. The Morgan fingerprint density at radius 1 is 1.07 bits per heavy atom. The first kappa shape index (κ1) is 20.9. The molecule has 162 valence electrons. The van der Waals surface area contributed by atoms with Crippen LogP contribution in [-0.4, -0.2) is 83.6 Å². The van der Waals surface area contributed by atoms with Crippen molar-refractivity contribution < 1.29 is 14.3 Å². The molecule has 0 radical (unpaired) electrons. The number of aromatic nitrogens is 1. The number of benzene rings is 1. The summed E-state index contributed by atoms with van der Waals surface area (Å²) >= 11 is 0. The summed E-state index contributed by atoms with van der Waals surface area (Å²) in [6.07, 6.45) is 4.58. The van der Waals surface area contributed by atoms with Crippen LogP contribution in [0.1, 0.15) is 24.8 Å². The maximum absolute atomic E-state index is 13.0. The van der Waals surface area contributed by atoms with Crippen molar-refractivity contribution in [1.82, 2.24) is 19.3 Å². The highest BCUT2D eigenvalue weighted by Gasteiger charge is 2.28. The number of methoxy groups -OCH3 is 1. The van der Waals surface area contributed by atoms with Crippen molar-refractivity contribution in [2.45, 2.75) is 31.9 Å². The summed E-state index contributed by atoms with van der Waals surface area (Å²) in [6.45, 7) is 4.72. The Morgan fingerprint density at radius 2 is 1.87 bits per heavy atom. The molecule has 2 amide bonds. The van der Waals surface area contributed by atoms with E-state index in [0.717, 1.165) is 39.0 Å². The van der Waals surface area contributed by atoms with E-state index >= 15 is 0 Å². The molecule has 7 heteroatoms. The fourth-order valence-corrected chi connectivity index (χ4v) is 4.72. The zero-order valence-corrected chi connectivity index (χ0v) is 18.0. The predicted octanol–water partition coefficient (Wildman–Crippen LogP) is 1.85. The summed E-state index contributed by atoms with van der Waals surface area (Å²) in [5.41, 5.74) is 2.44. The quantitative estimate of drug-likeness (QED) is 0.697. The monoisotopic (exact) mass is 412 g/mol. The van der Waals surface area contributed by atoms with Crippen molar-refractivity contribution in [3.05, 3.63) is 36.0 Å². The van der Waals surface area contributed by atoms with Gasteiger partial charge in [0.25, 0.3) is 0 Å². The third-order valence-electron chi connectivity index (χ3n) is 6.33. The fraction of sp³-hybridized carbons (Fsp3) is 0.565. The molecule has 1 atom stereocenters. The van der Waals surface area contributed by atoms with Crippen LogP contribution in [-0.2, 0) is 27.9 Å². The van der Waals surface area contributed by atoms with Gasteiger partial charge in [0.1, 0.15) is 0 Å². The lowest BCUT2D eigenvalue weighted by Crippen LogP contribution is -2.39. The number of likely N-dealkylation sites (tertiary alicyclic amines) is 1. The molecule has 0 N–H and O–H groups in total. The van der Waals surface area contributed by atoms with Gasteiger partial charge in [-0.05, 0) is 24.5 Å². The van der Waals surface area contributed by atoms with E-state index in [-0.39, 0.29) is 17.9 Å². The molecule has 0 bridgehead atoms. The minimum Gasteiger partial charge on any atom is -0.378 e. The second-order valence-corrected chi connectivity index (χ2v) is 8.49. The molecule has 7 nitrogen and oxygen atoms in total. The molecule has 2 aliphatic rings. The summed E-state index contributed by atoms with van der Waals surface area (Å²) < 4.78 is 7.84. The van der Waals surface area contributed by atoms with Crippen molar-refractivity contribution >= 4 is 22.7 Å². The van der Waals surface area contributed by atoms with Crippen LogP contribution in [0.15, 0.2) is 30.5 Å². The summed E-state index contributed by atoms with van der Waals surface area (Å²) in [4.78, 5) is 30.8. The van der Waals surface area contributed by atoms with Crippen molar-refractivity contribution in [3.8, 4) is 0 Å². The minimum absolute atomic E-state index is 0.0140. The SMILES string of the molecule is COC1CN(Cc2cn(C)c3ccccc23)CC(=O)N(CCCN2CCCC2=O)C1. The van der Waals surface area contributed by atoms with E-state index in [1.165, 1.54) is 16.5 Å². The highest BCUT2D eigenvalue weighted by molar-refractivity contribution is 5.84. The molecule has 3 heterocycles. The fourth-order valence-electron chi connectivity index (χ4n) is 4.72. The van der Waals surface area contributed by atoms with Gasteiger partial charge in [-0.15, -0.1) is 0 Å². The second-order valence-electron chi connectivity index (χ2n) is 8.49. The molecule has 4 rings (SSSR count). The van der Waals surface area contributed by atoms with E-state index in [0.29, 0.717) is 26.1 Å². The van der Waals surface area contributed by atoms with E-state index in [1.807, 2.05) is 9.80 Å². The molecule has 1 aromatic carbocycles. The topological polar surface area (TPSA) is 58.0 Å². The zero-order chi connectivity index (χ0) is 21.1. The highest BCUT2D eigenvalue weighted by Crippen LogP contribution is 2.22. The molecule has 2 saturated heterocycles. The van der Waals surface area contributed by atoms with Gasteiger partial charge < -0.3 is 19.1 Å². The number of hydrogen-bond donors (Lipinski definition) is 0. The first-order chi connectivity index (χ1) is 14.5. The molecule has 2 fully saturated rings. The lowest BCUT2D eigenvalue weighted by molar-refractivity contribution is -0.131. The molecule has 2 aromatic rings. The Bertz CT molecular complexity index is 909. The van der Waals surface area contributed by atoms with Gasteiger partial charge in [-0.1, -0.05) is 18.2 Å². The van der Waals surface area contributed by atoms with Gasteiger partial charge in [-0.2, -0.15) is 0 Å². The normalized spacial score (nSPS) is 21.1. The number of nitrogens with zero attached hydrogens (tertiary/aromatic N) is 4. The van der Waals surface area contributed by atoms with Crippen LogP contribution in [0, 0.1) is 0 Å². The number of fused-ring (bicyclic) bond motifs is 1. The second kappa shape index (κ2) is 9.18. The number of hydrogen-bond acceptors (Lipinski definition) is 4. The summed E-state index contributed by atoms with van der Waals surface area (Å²) in [5, 5.41) is 1.23. The molecule has 0 spiro atoms. The van der Waals surface area contributed by atoms with E-state index in [4.69, 9.17) is 4.74 Å². The summed E-state index contributed by atoms with van der Waals surface area (Å²) in [5.74, 6) is 0.385. The van der Waals surface area contributed by atoms with E-state index in [2.05, 4.69) is 47.0 Å². The number of amides is 2. The van der Waals surface area contributed by atoms with Crippen LogP contribution in [0.25, 0.3) is 10.9 Å². The largest absolute Gasteiger partial charge is 0.378 e. The molecule has 0 saturated carbocycles. The van der Waals surface area contributed by atoms with Crippen LogP contribution in [0.4, 0.5) is 0 Å². The van der Waals surface area contributed by atoms with Gasteiger partial charge in [0.15, 0.2) is 0 Å². The third-order valence-corrected chi connectivity index (χ3v) is 6.33. The molecule has 1 unspecified atom stereocenters. The maximum atomic E-state index is 13.0. The number of para-hydroxylation sites is 1. The van der Waals surface area contributed by atoms with E-state index < -0.39 is 0 Å². The average molecular weight is 413 g/mol. The molecular weight excluding hydrogens is 380 g/mol. The number of aryl methyl sites for hydroxylation is 1. The van der Waals surface area contributed by atoms with Gasteiger partial charge in [-0.3, -0.25) is 14.5 Å². The highest BCUT2D eigenvalue weighted by atomic mass is 16.5. The average Bonchev–Trinajstić information content (AvgIpc) is 3.24. The van der Waals surface area contributed by atoms with Crippen LogP contribution in [0.2, 0.25) is 0 Å². The Kier molecular flexibility index (Phi) is 6.39. The number of rotatable bonds is 7. The van der Waals surface area contributed by atoms with Crippen molar-refractivity contribution in [1.29, 1.82) is 0 Å². The summed E-state index contributed by atoms with van der Waals surface area (Å²) in [6, 6.07) is 8.38. The Labute approximate surface area is 178 Å². The van der Waals surface area contributed by atoms with Crippen LogP contribution in [0.5, 0.6) is 0 Å². The Balaban J connectivity index is 1.40. The van der Waals surface area contributed by atoms with E-state index in [9.17, 15) is 9.59 Å². The minimum atomic E-state index is -0.0140. The molecule has 0 aliphatic carbocycles. The van der Waals surface area contributed by atoms with Gasteiger partial charge in [0.2, 0.25) is 11.8 Å². The van der Waals surface area contributed by atoms with Crippen molar-refractivity contribution in [2.24, 2.45) is 7.05 Å². The van der Waals surface area contributed by atoms with Gasteiger partial charge in [0.05, 0.1) is 12.6 Å². The maximum Gasteiger partial charge on any atom is 0.236 e. The number of carbonyl (C=O) groups is 2.